The molecule has 0 saturated carbocycles. The number of aryl methyl sites for hydroxylation is 2. The zero-order valence-electron chi connectivity index (χ0n) is 14.9. The number of fused-ring (bicyclic) bond motifs is 2. The Morgan fingerprint density at radius 3 is 2.89 bits per heavy atom. The highest BCUT2D eigenvalue weighted by Crippen LogP contribution is 2.40. The highest BCUT2D eigenvalue weighted by molar-refractivity contribution is 5.95. The Labute approximate surface area is 154 Å². The molecule has 8 heteroatoms. The van der Waals surface area contributed by atoms with Gasteiger partial charge in [0.25, 0.3) is 0 Å². The fraction of sp³-hybridized carbons (Fsp3) is 0.211. The SMILES string of the molecule is Cc1cccc(C2CC(=O)Nc3c2c(C)nn3-c2ccc3nncn3n2)c1. The topological polar surface area (TPSA) is 90.0 Å². The summed E-state index contributed by atoms with van der Waals surface area (Å²) in [6, 6.07) is 11.9. The minimum atomic E-state index is -0.0273. The molecule has 0 aliphatic carbocycles. The number of hydrogen-bond donors (Lipinski definition) is 1. The van der Waals surface area contributed by atoms with Gasteiger partial charge in [0.05, 0.1) is 5.69 Å². The molecule has 1 unspecified atom stereocenters. The number of nitrogens with one attached hydrogen (secondary N) is 1. The van der Waals surface area contributed by atoms with Gasteiger partial charge in [-0.1, -0.05) is 29.8 Å². The lowest BCUT2D eigenvalue weighted by molar-refractivity contribution is -0.116. The average Bonchev–Trinajstić information content (AvgIpc) is 3.25. The van der Waals surface area contributed by atoms with E-state index in [9.17, 15) is 4.79 Å². The molecule has 1 amide bonds. The molecule has 0 saturated heterocycles. The third-order valence-corrected chi connectivity index (χ3v) is 4.91. The zero-order valence-corrected chi connectivity index (χ0v) is 14.9. The highest BCUT2D eigenvalue weighted by atomic mass is 16.1. The maximum absolute atomic E-state index is 12.5. The summed E-state index contributed by atoms with van der Waals surface area (Å²) in [6.07, 6.45) is 1.94. The van der Waals surface area contributed by atoms with Crippen molar-refractivity contribution in [3.63, 3.8) is 0 Å². The quantitative estimate of drug-likeness (QED) is 0.593. The maximum Gasteiger partial charge on any atom is 0.226 e. The Morgan fingerprint density at radius 2 is 2.04 bits per heavy atom. The minimum absolute atomic E-state index is 0.0268. The normalized spacial score (nSPS) is 16.4. The third-order valence-electron chi connectivity index (χ3n) is 4.91. The van der Waals surface area contributed by atoms with Gasteiger partial charge in [-0.15, -0.1) is 15.3 Å². The van der Waals surface area contributed by atoms with Gasteiger partial charge in [0.2, 0.25) is 5.91 Å². The van der Waals surface area contributed by atoms with E-state index in [0.717, 1.165) is 16.8 Å². The molecule has 5 rings (SSSR count). The van der Waals surface area contributed by atoms with E-state index in [-0.39, 0.29) is 11.8 Å². The molecule has 0 radical (unpaired) electrons. The van der Waals surface area contributed by atoms with Crippen molar-refractivity contribution in [1.82, 2.24) is 29.6 Å². The van der Waals surface area contributed by atoms with Crippen LogP contribution in [0.4, 0.5) is 5.82 Å². The smallest absolute Gasteiger partial charge is 0.226 e. The summed E-state index contributed by atoms with van der Waals surface area (Å²) in [7, 11) is 0. The van der Waals surface area contributed by atoms with E-state index in [1.807, 2.05) is 25.1 Å². The number of amides is 1. The van der Waals surface area contributed by atoms with Gasteiger partial charge >= 0.3 is 0 Å². The van der Waals surface area contributed by atoms with Crippen molar-refractivity contribution in [2.75, 3.05) is 5.32 Å². The van der Waals surface area contributed by atoms with Gasteiger partial charge in [0.1, 0.15) is 12.1 Å². The molecule has 27 heavy (non-hydrogen) atoms. The van der Waals surface area contributed by atoms with Crippen LogP contribution >= 0.6 is 0 Å². The van der Waals surface area contributed by atoms with Crippen LogP contribution in [0.25, 0.3) is 11.5 Å². The average molecular weight is 359 g/mol. The number of aromatic nitrogens is 6. The molecule has 8 nitrogen and oxygen atoms in total. The van der Waals surface area contributed by atoms with Crippen molar-refractivity contribution in [2.24, 2.45) is 0 Å². The first-order valence-electron chi connectivity index (χ1n) is 8.73. The number of benzene rings is 1. The van der Waals surface area contributed by atoms with E-state index in [1.165, 1.54) is 11.9 Å². The van der Waals surface area contributed by atoms with Crippen LogP contribution in [0.5, 0.6) is 0 Å². The lowest BCUT2D eigenvalue weighted by Crippen LogP contribution is -2.25. The first-order valence-corrected chi connectivity index (χ1v) is 8.73. The Hall–Kier alpha value is -3.55. The predicted molar refractivity (Wildman–Crippen MR) is 98.9 cm³/mol. The van der Waals surface area contributed by atoms with E-state index in [4.69, 9.17) is 0 Å². The summed E-state index contributed by atoms with van der Waals surface area (Å²) < 4.78 is 3.27. The highest BCUT2D eigenvalue weighted by Gasteiger charge is 2.33. The fourth-order valence-electron chi connectivity index (χ4n) is 3.72. The monoisotopic (exact) mass is 359 g/mol. The van der Waals surface area contributed by atoms with Crippen LogP contribution in [0, 0.1) is 13.8 Å². The number of nitrogens with zero attached hydrogens (tertiary/aromatic N) is 6. The van der Waals surface area contributed by atoms with Crippen molar-refractivity contribution in [3.05, 3.63) is 65.1 Å². The Balaban J connectivity index is 1.68. The molecule has 1 aliphatic rings. The van der Waals surface area contributed by atoms with Gasteiger partial charge < -0.3 is 5.32 Å². The van der Waals surface area contributed by atoms with Crippen LogP contribution in [-0.4, -0.2) is 35.5 Å². The van der Waals surface area contributed by atoms with Gasteiger partial charge in [0, 0.05) is 17.9 Å². The van der Waals surface area contributed by atoms with Crippen LogP contribution in [0.1, 0.15) is 34.7 Å². The number of hydrogen-bond acceptors (Lipinski definition) is 5. The van der Waals surface area contributed by atoms with Crippen LogP contribution in [0.3, 0.4) is 0 Å². The molecule has 0 fully saturated rings. The number of rotatable bonds is 2. The predicted octanol–water partition coefficient (Wildman–Crippen LogP) is 2.40. The summed E-state index contributed by atoms with van der Waals surface area (Å²) in [5, 5.41) is 20.0. The third kappa shape index (κ3) is 2.49. The second-order valence-electron chi connectivity index (χ2n) is 6.80. The van der Waals surface area contributed by atoms with Crippen molar-refractivity contribution in [3.8, 4) is 5.82 Å². The van der Waals surface area contributed by atoms with Crippen LogP contribution in [0.15, 0.2) is 42.7 Å². The van der Waals surface area contributed by atoms with Crippen molar-refractivity contribution in [2.45, 2.75) is 26.2 Å². The van der Waals surface area contributed by atoms with Crippen molar-refractivity contribution >= 4 is 17.4 Å². The standard InChI is InChI=1S/C19H17N7O/c1-11-4-3-5-13(8-11)14-9-17(27)21-19-18(14)12(2)23-26(19)16-7-6-15-22-20-10-25(15)24-16/h3-8,10,14H,9H2,1-2H3,(H,21,27). The van der Waals surface area contributed by atoms with E-state index in [1.54, 1.807) is 9.20 Å². The van der Waals surface area contributed by atoms with Gasteiger partial charge in [-0.05, 0) is 31.5 Å². The van der Waals surface area contributed by atoms with E-state index < -0.39 is 0 Å². The van der Waals surface area contributed by atoms with Gasteiger partial charge in [-0.2, -0.15) is 14.3 Å². The molecule has 3 aromatic heterocycles. The van der Waals surface area contributed by atoms with E-state index in [2.05, 4.69) is 50.8 Å². The Bertz CT molecular complexity index is 1190. The second-order valence-corrected chi connectivity index (χ2v) is 6.80. The molecule has 0 bridgehead atoms. The molecule has 134 valence electrons. The molecule has 1 aromatic carbocycles. The zero-order chi connectivity index (χ0) is 18.5. The minimum Gasteiger partial charge on any atom is -0.310 e. The van der Waals surface area contributed by atoms with Crippen LogP contribution in [-0.2, 0) is 4.79 Å². The molecule has 1 aliphatic heterocycles. The van der Waals surface area contributed by atoms with Crippen LogP contribution < -0.4 is 5.32 Å². The summed E-state index contributed by atoms with van der Waals surface area (Å²) in [4.78, 5) is 12.5. The largest absolute Gasteiger partial charge is 0.310 e. The first kappa shape index (κ1) is 15.7. The molecule has 1 N–H and O–H groups in total. The summed E-state index contributed by atoms with van der Waals surface area (Å²) in [5.41, 5.74) is 4.85. The first-order chi connectivity index (χ1) is 13.1. The molecule has 4 heterocycles. The van der Waals surface area contributed by atoms with Gasteiger partial charge in [-0.25, -0.2) is 0 Å². The van der Waals surface area contributed by atoms with Gasteiger partial charge in [0.15, 0.2) is 11.5 Å². The number of carbonyl (C=O) groups excluding carboxylic acids is 1. The summed E-state index contributed by atoms with van der Waals surface area (Å²) in [6.45, 7) is 4.02. The maximum atomic E-state index is 12.5. The fourth-order valence-corrected chi connectivity index (χ4v) is 3.72. The number of carbonyl (C=O) groups is 1. The Kier molecular flexibility index (Phi) is 3.33. The molecule has 4 aromatic rings. The molecular weight excluding hydrogens is 342 g/mol. The van der Waals surface area contributed by atoms with Crippen molar-refractivity contribution in [1.29, 1.82) is 0 Å². The molecule has 0 spiro atoms. The lowest BCUT2D eigenvalue weighted by atomic mass is 9.85. The Morgan fingerprint density at radius 1 is 1.15 bits per heavy atom. The number of anilines is 1. The summed E-state index contributed by atoms with van der Waals surface area (Å²) >= 11 is 0. The molecule has 1 atom stereocenters. The van der Waals surface area contributed by atoms with Gasteiger partial charge in [-0.3, -0.25) is 4.79 Å². The van der Waals surface area contributed by atoms with E-state index in [0.29, 0.717) is 23.7 Å². The second kappa shape index (κ2) is 5.73. The summed E-state index contributed by atoms with van der Waals surface area (Å²) in [5.74, 6) is 1.22. The van der Waals surface area contributed by atoms with E-state index >= 15 is 0 Å². The molecular formula is C19H17N7O. The van der Waals surface area contributed by atoms with Crippen LogP contribution in [0.2, 0.25) is 0 Å². The lowest BCUT2D eigenvalue weighted by Gasteiger charge is -2.24. The van der Waals surface area contributed by atoms with Crippen molar-refractivity contribution < 1.29 is 4.79 Å².